The van der Waals surface area contributed by atoms with E-state index in [0.717, 1.165) is 26.2 Å². The normalized spacial score (nSPS) is 20.5. The number of hydrogen-bond acceptors (Lipinski definition) is 5. The Morgan fingerprint density at radius 3 is 2.81 bits per heavy atom. The number of rotatable bonds is 7. The van der Waals surface area contributed by atoms with Crippen molar-refractivity contribution in [3.63, 3.8) is 0 Å². The molecule has 0 amide bonds. The molecule has 1 aliphatic heterocycles. The fraction of sp³-hybridized carbons (Fsp3) is 0.600. The lowest BCUT2D eigenvalue weighted by Gasteiger charge is -2.30. The second-order valence-corrected chi connectivity index (χ2v) is 7.55. The van der Waals surface area contributed by atoms with Gasteiger partial charge in [0.25, 0.3) is 0 Å². The number of ether oxygens (including phenoxy) is 1. The summed E-state index contributed by atoms with van der Waals surface area (Å²) in [6, 6.07) is 8.62. The molecule has 5 nitrogen and oxygen atoms in total. The maximum Gasteiger partial charge on any atom is 0.178 e. The fourth-order valence-electron chi connectivity index (χ4n) is 2.39. The van der Waals surface area contributed by atoms with Crippen molar-refractivity contribution in [1.29, 1.82) is 0 Å². The molecule has 21 heavy (non-hydrogen) atoms. The van der Waals surface area contributed by atoms with E-state index in [2.05, 4.69) is 17.3 Å². The lowest BCUT2D eigenvalue weighted by atomic mass is 10.3. The van der Waals surface area contributed by atoms with Crippen molar-refractivity contribution in [2.75, 3.05) is 45.6 Å². The Bertz CT molecular complexity index is 519. The minimum absolute atomic E-state index is 0.176. The molecular weight excluding hydrogens is 288 g/mol. The van der Waals surface area contributed by atoms with Crippen molar-refractivity contribution < 1.29 is 13.2 Å². The molecule has 1 atom stereocenters. The molecule has 1 fully saturated rings. The van der Waals surface area contributed by atoms with Gasteiger partial charge in [-0.2, -0.15) is 0 Å². The molecule has 1 aliphatic rings. The van der Waals surface area contributed by atoms with Crippen LogP contribution in [0, 0.1) is 0 Å². The Morgan fingerprint density at radius 1 is 1.33 bits per heavy atom. The van der Waals surface area contributed by atoms with E-state index in [9.17, 15) is 8.42 Å². The first-order chi connectivity index (χ1) is 10.1. The van der Waals surface area contributed by atoms with Crippen molar-refractivity contribution in [3.8, 4) is 0 Å². The van der Waals surface area contributed by atoms with Crippen LogP contribution < -0.4 is 5.32 Å². The molecule has 1 aromatic carbocycles. The third kappa shape index (κ3) is 5.39. The molecule has 0 aliphatic carbocycles. The Labute approximate surface area is 127 Å². The van der Waals surface area contributed by atoms with Crippen molar-refractivity contribution in [3.05, 3.63) is 30.3 Å². The van der Waals surface area contributed by atoms with Gasteiger partial charge in [0.2, 0.25) is 0 Å². The number of nitrogens with zero attached hydrogens (tertiary/aromatic N) is 1. The van der Waals surface area contributed by atoms with E-state index in [1.807, 2.05) is 6.07 Å². The van der Waals surface area contributed by atoms with E-state index in [1.165, 1.54) is 0 Å². The van der Waals surface area contributed by atoms with Crippen LogP contribution in [0.3, 0.4) is 0 Å². The quantitative estimate of drug-likeness (QED) is 0.754. The summed E-state index contributed by atoms with van der Waals surface area (Å²) >= 11 is 0. The molecule has 118 valence electrons. The van der Waals surface area contributed by atoms with Gasteiger partial charge in [0.05, 0.1) is 23.4 Å². The van der Waals surface area contributed by atoms with Gasteiger partial charge in [-0.05, 0) is 32.1 Å². The maximum absolute atomic E-state index is 12.1. The number of benzene rings is 1. The molecule has 1 N–H and O–H groups in total. The van der Waals surface area contributed by atoms with Gasteiger partial charge in [-0.1, -0.05) is 18.2 Å². The highest BCUT2D eigenvalue weighted by molar-refractivity contribution is 7.91. The second-order valence-electron chi connectivity index (χ2n) is 5.44. The van der Waals surface area contributed by atoms with Gasteiger partial charge >= 0.3 is 0 Å². The van der Waals surface area contributed by atoms with E-state index >= 15 is 0 Å². The summed E-state index contributed by atoms with van der Waals surface area (Å²) in [5.74, 6) is 0.176. The monoisotopic (exact) mass is 312 g/mol. The minimum Gasteiger partial charge on any atom is -0.374 e. The zero-order valence-electron chi connectivity index (χ0n) is 12.5. The summed E-state index contributed by atoms with van der Waals surface area (Å²) in [6.45, 7) is 4.14. The zero-order valence-corrected chi connectivity index (χ0v) is 13.3. The van der Waals surface area contributed by atoms with Crippen molar-refractivity contribution in [2.24, 2.45) is 0 Å². The molecular formula is C15H24N2O3S. The third-order valence-electron chi connectivity index (χ3n) is 3.58. The minimum atomic E-state index is -3.15. The molecule has 1 unspecified atom stereocenters. The van der Waals surface area contributed by atoms with Crippen LogP contribution in [-0.4, -0.2) is 65.0 Å². The van der Waals surface area contributed by atoms with E-state index in [-0.39, 0.29) is 11.9 Å². The standard InChI is InChI=1S/C15H24N2O3S/c1-17-9-10-20-14(13-17)12-16-8-5-11-21(18,19)15-6-3-2-4-7-15/h2-4,6-7,14,16H,5,8-13H2,1H3. The highest BCUT2D eigenvalue weighted by atomic mass is 32.2. The van der Waals surface area contributed by atoms with Gasteiger partial charge in [0.15, 0.2) is 9.84 Å². The Balaban J connectivity index is 1.65. The summed E-state index contributed by atoms with van der Waals surface area (Å²) in [5, 5.41) is 3.28. The summed E-state index contributed by atoms with van der Waals surface area (Å²) in [4.78, 5) is 2.65. The van der Waals surface area contributed by atoms with Crippen LogP contribution in [0.1, 0.15) is 6.42 Å². The molecule has 0 bridgehead atoms. The summed E-state index contributed by atoms with van der Waals surface area (Å²) in [6.07, 6.45) is 0.814. The highest BCUT2D eigenvalue weighted by Crippen LogP contribution is 2.10. The number of sulfone groups is 1. The van der Waals surface area contributed by atoms with Crippen molar-refractivity contribution >= 4 is 9.84 Å². The Morgan fingerprint density at radius 2 is 2.10 bits per heavy atom. The van der Waals surface area contributed by atoms with Crippen molar-refractivity contribution in [1.82, 2.24) is 10.2 Å². The van der Waals surface area contributed by atoms with E-state index < -0.39 is 9.84 Å². The first kappa shape index (κ1) is 16.4. The predicted octanol–water partition coefficient (Wildman–Crippen LogP) is 0.771. The molecule has 0 saturated carbocycles. The fourth-order valence-corrected chi connectivity index (χ4v) is 3.72. The number of morpholine rings is 1. The summed E-state index contributed by atoms with van der Waals surface area (Å²) < 4.78 is 29.8. The summed E-state index contributed by atoms with van der Waals surface area (Å²) in [7, 11) is -1.07. The van der Waals surface area contributed by atoms with Crippen LogP contribution in [0.4, 0.5) is 0 Å². The van der Waals surface area contributed by atoms with Crippen LogP contribution >= 0.6 is 0 Å². The first-order valence-electron chi connectivity index (χ1n) is 7.36. The van der Waals surface area contributed by atoms with Gasteiger partial charge in [-0.15, -0.1) is 0 Å². The predicted molar refractivity (Wildman–Crippen MR) is 83.2 cm³/mol. The first-order valence-corrected chi connectivity index (χ1v) is 9.02. The topological polar surface area (TPSA) is 58.6 Å². The molecule has 1 saturated heterocycles. The molecule has 1 heterocycles. The molecule has 1 aromatic rings. The van der Waals surface area contributed by atoms with Gasteiger partial charge in [0, 0.05) is 19.6 Å². The van der Waals surface area contributed by atoms with Crippen LogP contribution in [0.25, 0.3) is 0 Å². The van der Waals surface area contributed by atoms with E-state index in [1.54, 1.807) is 24.3 Å². The van der Waals surface area contributed by atoms with Crippen molar-refractivity contribution in [2.45, 2.75) is 17.4 Å². The van der Waals surface area contributed by atoms with Gasteiger partial charge in [0.1, 0.15) is 0 Å². The average Bonchev–Trinajstić information content (AvgIpc) is 2.48. The number of hydrogen-bond donors (Lipinski definition) is 1. The van der Waals surface area contributed by atoms with E-state index in [4.69, 9.17) is 4.74 Å². The van der Waals surface area contributed by atoms with E-state index in [0.29, 0.717) is 17.9 Å². The molecule has 0 aromatic heterocycles. The molecule has 2 rings (SSSR count). The SMILES string of the molecule is CN1CCOC(CNCCCS(=O)(=O)c2ccccc2)C1. The van der Waals surface area contributed by atoms with Crippen LogP contribution in [0.2, 0.25) is 0 Å². The summed E-state index contributed by atoms with van der Waals surface area (Å²) in [5.41, 5.74) is 0. The van der Waals surface area contributed by atoms with Gasteiger partial charge in [-0.3, -0.25) is 0 Å². The lowest BCUT2D eigenvalue weighted by molar-refractivity contribution is -0.0179. The smallest absolute Gasteiger partial charge is 0.178 e. The highest BCUT2D eigenvalue weighted by Gasteiger charge is 2.17. The van der Waals surface area contributed by atoms with Crippen LogP contribution in [0.5, 0.6) is 0 Å². The van der Waals surface area contributed by atoms with Gasteiger partial charge < -0.3 is 15.0 Å². The zero-order chi connectivity index (χ0) is 15.1. The Kier molecular flexibility index (Phi) is 6.17. The van der Waals surface area contributed by atoms with Gasteiger partial charge in [-0.25, -0.2) is 8.42 Å². The number of likely N-dealkylation sites (N-methyl/N-ethyl adjacent to an activating group) is 1. The number of nitrogens with one attached hydrogen (secondary N) is 1. The maximum atomic E-state index is 12.1. The molecule has 6 heteroatoms. The molecule has 0 radical (unpaired) electrons. The third-order valence-corrected chi connectivity index (χ3v) is 5.40. The largest absolute Gasteiger partial charge is 0.374 e. The van der Waals surface area contributed by atoms with Crippen LogP contribution in [-0.2, 0) is 14.6 Å². The van der Waals surface area contributed by atoms with Crippen LogP contribution in [0.15, 0.2) is 35.2 Å². The average molecular weight is 312 g/mol. The molecule has 0 spiro atoms. The second kappa shape index (κ2) is 7.89. The lowest BCUT2D eigenvalue weighted by Crippen LogP contribution is -2.45. The Hall–Kier alpha value is -0.950.